The molecule has 0 unspecified atom stereocenters. The fraction of sp³-hybridized carbons (Fsp3) is 0.148. The highest BCUT2D eigenvalue weighted by atomic mass is 16.1. The van der Waals surface area contributed by atoms with Crippen LogP contribution >= 0.6 is 0 Å². The standard InChI is InChI=1S/C27H25NO/c1-27(2,3)26(29)22-17-11-10-16-21(22)24-18-23(19-12-6-4-7-13-19)25(28-24)20-14-8-5-9-15-20/h4-18,28H,1-3H3. The van der Waals surface area contributed by atoms with E-state index in [9.17, 15) is 4.79 Å². The topological polar surface area (TPSA) is 32.9 Å². The number of rotatable bonds is 4. The van der Waals surface area contributed by atoms with E-state index in [1.54, 1.807) is 0 Å². The Bertz CT molecular complexity index is 1080. The van der Waals surface area contributed by atoms with Crippen molar-refractivity contribution in [1.29, 1.82) is 0 Å². The summed E-state index contributed by atoms with van der Waals surface area (Å²) in [4.78, 5) is 16.7. The first-order valence-corrected chi connectivity index (χ1v) is 9.93. The van der Waals surface area contributed by atoms with Gasteiger partial charge in [-0.25, -0.2) is 0 Å². The molecule has 2 heteroatoms. The minimum Gasteiger partial charge on any atom is -0.354 e. The Hall–Kier alpha value is -3.39. The summed E-state index contributed by atoms with van der Waals surface area (Å²) in [6.07, 6.45) is 0. The maximum absolute atomic E-state index is 13.1. The molecule has 0 radical (unpaired) electrons. The van der Waals surface area contributed by atoms with Crippen molar-refractivity contribution in [2.45, 2.75) is 20.8 Å². The van der Waals surface area contributed by atoms with Crippen LogP contribution in [-0.4, -0.2) is 10.8 Å². The van der Waals surface area contributed by atoms with Crippen molar-refractivity contribution in [3.63, 3.8) is 0 Å². The van der Waals surface area contributed by atoms with Gasteiger partial charge in [-0.2, -0.15) is 0 Å². The van der Waals surface area contributed by atoms with E-state index in [-0.39, 0.29) is 5.78 Å². The van der Waals surface area contributed by atoms with Crippen LogP contribution in [-0.2, 0) is 0 Å². The number of aromatic amines is 1. The van der Waals surface area contributed by atoms with E-state index in [0.717, 1.165) is 39.2 Å². The maximum atomic E-state index is 13.1. The zero-order valence-corrected chi connectivity index (χ0v) is 17.1. The van der Waals surface area contributed by atoms with Gasteiger partial charge in [-0.05, 0) is 17.2 Å². The fourth-order valence-electron chi connectivity index (χ4n) is 3.60. The summed E-state index contributed by atoms with van der Waals surface area (Å²) in [6, 6.07) is 30.7. The lowest BCUT2D eigenvalue weighted by atomic mass is 9.84. The van der Waals surface area contributed by atoms with Gasteiger partial charge in [-0.1, -0.05) is 106 Å². The molecule has 2 nitrogen and oxygen atoms in total. The van der Waals surface area contributed by atoms with E-state index in [2.05, 4.69) is 35.3 Å². The van der Waals surface area contributed by atoms with Crippen LogP contribution < -0.4 is 0 Å². The van der Waals surface area contributed by atoms with Crippen LogP contribution in [0.1, 0.15) is 31.1 Å². The number of hydrogen-bond acceptors (Lipinski definition) is 1. The smallest absolute Gasteiger partial charge is 0.168 e. The van der Waals surface area contributed by atoms with Crippen LogP contribution in [0.4, 0.5) is 0 Å². The molecule has 0 aliphatic heterocycles. The summed E-state index contributed by atoms with van der Waals surface area (Å²) in [5.41, 5.74) is 6.66. The molecule has 0 spiro atoms. The minimum atomic E-state index is -0.437. The number of H-pyrrole nitrogens is 1. The lowest BCUT2D eigenvalue weighted by Crippen LogP contribution is -2.20. The van der Waals surface area contributed by atoms with E-state index in [4.69, 9.17) is 0 Å². The summed E-state index contributed by atoms with van der Waals surface area (Å²) in [5.74, 6) is 0.144. The Kier molecular flexibility index (Phi) is 4.94. The lowest BCUT2D eigenvalue weighted by Gasteiger charge is -2.18. The molecule has 1 aromatic heterocycles. The van der Waals surface area contributed by atoms with Crippen LogP contribution in [0.5, 0.6) is 0 Å². The maximum Gasteiger partial charge on any atom is 0.168 e. The summed E-state index contributed by atoms with van der Waals surface area (Å²) >= 11 is 0. The third-order valence-corrected chi connectivity index (χ3v) is 5.11. The van der Waals surface area contributed by atoms with Gasteiger partial charge in [0.05, 0.1) is 5.69 Å². The number of aromatic nitrogens is 1. The largest absolute Gasteiger partial charge is 0.354 e. The first-order valence-electron chi connectivity index (χ1n) is 9.93. The van der Waals surface area contributed by atoms with Crippen LogP contribution in [0, 0.1) is 5.41 Å². The third kappa shape index (κ3) is 3.79. The van der Waals surface area contributed by atoms with Gasteiger partial charge in [0, 0.05) is 27.8 Å². The molecule has 0 aliphatic carbocycles. The molecule has 1 heterocycles. The predicted octanol–water partition coefficient (Wildman–Crippen LogP) is 7.24. The second kappa shape index (κ2) is 7.56. The van der Waals surface area contributed by atoms with E-state index >= 15 is 0 Å². The molecule has 1 N–H and O–H groups in total. The number of ketones is 1. The van der Waals surface area contributed by atoms with Crippen molar-refractivity contribution in [2.24, 2.45) is 5.41 Å². The second-order valence-electron chi connectivity index (χ2n) is 8.33. The first kappa shape index (κ1) is 18.9. The number of Topliss-reactive ketones (excluding diaryl/α,β-unsaturated/α-hetero) is 1. The van der Waals surface area contributed by atoms with Gasteiger partial charge in [-0.15, -0.1) is 0 Å². The van der Waals surface area contributed by atoms with Gasteiger partial charge in [0.2, 0.25) is 0 Å². The number of benzene rings is 3. The fourth-order valence-corrected chi connectivity index (χ4v) is 3.60. The highest BCUT2D eigenvalue weighted by molar-refractivity contribution is 6.05. The van der Waals surface area contributed by atoms with Gasteiger partial charge in [-0.3, -0.25) is 4.79 Å². The summed E-state index contributed by atoms with van der Waals surface area (Å²) in [6.45, 7) is 5.89. The number of carbonyl (C=O) groups is 1. The molecule has 0 amide bonds. The van der Waals surface area contributed by atoms with E-state index < -0.39 is 5.41 Å². The quantitative estimate of drug-likeness (QED) is 0.372. The van der Waals surface area contributed by atoms with Gasteiger partial charge in [0.25, 0.3) is 0 Å². The average molecular weight is 380 g/mol. The Labute approximate surface area is 172 Å². The van der Waals surface area contributed by atoms with Gasteiger partial charge in [0.15, 0.2) is 5.78 Å². The molecular weight excluding hydrogens is 354 g/mol. The predicted molar refractivity (Wildman–Crippen MR) is 121 cm³/mol. The Morgan fingerprint density at radius 1 is 0.690 bits per heavy atom. The van der Waals surface area contributed by atoms with Gasteiger partial charge < -0.3 is 4.98 Å². The molecule has 4 rings (SSSR count). The van der Waals surface area contributed by atoms with Crippen molar-refractivity contribution in [1.82, 2.24) is 4.98 Å². The number of carbonyl (C=O) groups excluding carboxylic acids is 1. The SMILES string of the molecule is CC(C)(C)C(=O)c1ccccc1-c1cc(-c2ccccc2)c(-c2ccccc2)[nH]1. The number of nitrogens with one attached hydrogen (secondary N) is 1. The summed E-state index contributed by atoms with van der Waals surface area (Å²) < 4.78 is 0. The highest BCUT2D eigenvalue weighted by Crippen LogP contribution is 2.37. The molecule has 0 saturated heterocycles. The Morgan fingerprint density at radius 3 is 1.86 bits per heavy atom. The average Bonchev–Trinajstić information content (AvgIpc) is 3.19. The highest BCUT2D eigenvalue weighted by Gasteiger charge is 2.26. The van der Waals surface area contributed by atoms with Crippen LogP contribution in [0.3, 0.4) is 0 Å². The minimum absolute atomic E-state index is 0.144. The number of hydrogen-bond donors (Lipinski definition) is 1. The van der Waals surface area contributed by atoms with Crippen molar-refractivity contribution in [3.05, 3.63) is 96.6 Å². The van der Waals surface area contributed by atoms with Crippen molar-refractivity contribution < 1.29 is 4.79 Å². The summed E-state index contributed by atoms with van der Waals surface area (Å²) in [5, 5.41) is 0. The molecule has 0 bridgehead atoms. The third-order valence-electron chi connectivity index (χ3n) is 5.11. The van der Waals surface area contributed by atoms with Crippen LogP contribution in [0.2, 0.25) is 0 Å². The van der Waals surface area contributed by atoms with E-state index in [1.165, 1.54) is 0 Å². The van der Waals surface area contributed by atoms with Crippen molar-refractivity contribution >= 4 is 5.78 Å². The Balaban J connectivity index is 1.92. The van der Waals surface area contributed by atoms with Gasteiger partial charge in [0.1, 0.15) is 0 Å². The molecule has 0 aliphatic rings. The molecule has 144 valence electrons. The molecule has 0 atom stereocenters. The van der Waals surface area contributed by atoms with E-state index in [1.807, 2.05) is 81.4 Å². The molecule has 4 aromatic rings. The first-order chi connectivity index (χ1) is 13.9. The molecular formula is C27H25NO. The van der Waals surface area contributed by atoms with Crippen LogP contribution in [0.15, 0.2) is 91.0 Å². The van der Waals surface area contributed by atoms with Crippen molar-refractivity contribution in [2.75, 3.05) is 0 Å². The zero-order valence-electron chi connectivity index (χ0n) is 17.1. The monoisotopic (exact) mass is 379 g/mol. The molecule has 29 heavy (non-hydrogen) atoms. The molecule has 0 fully saturated rings. The summed E-state index contributed by atoms with van der Waals surface area (Å²) in [7, 11) is 0. The van der Waals surface area contributed by atoms with Gasteiger partial charge >= 0.3 is 0 Å². The van der Waals surface area contributed by atoms with Crippen LogP contribution in [0.25, 0.3) is 33.6 Å². The normalized spacial score (nSPS) is 11.4. The lowest BCUT2D eigenvalue weighted by molar-refractivity contribution is 0.0859. The van der Waals surface area contributed by atoms with Crippen molar-refractivity contribution in [3.8, 4) is 33.6 Å². The second-order valence-corrected chi connectivity index (χ2v) is 8.33. The molecule has 3 aromatic carbocycles. The van der Waals surface area contributed by atoms with E-state index in [0.29, 0.717) is 0 Å². The Morgan fingerprint density at radius 2 is 1.24 bits per heavy atom. The zero-order chi connectivity index (χ0) is 20.4. The molecule has 0 saturated carbocycles.